The van der Waals surface area contributed by atoms with Crippen LogP contribution in [0, 0.1) is 0 Å². The number of methoxy groups -OCH3 is 1. The second-order valence-corrected chi connectivity index (χ2v) is 5.01. The Morgan fingerprint density at radius 3 is 2.79 bits per heavy atom. The van der Waals surface area contributed by atoms with Gasteiger partial charge in [-0.15, -0.1) is 0 Å². The molecule has 1 fully saturated rings. The minimum absolute atomic E-state index is 0.0764. The standard InChI is InChI=1S/C15H22N2O2/c1-19-12-15(18)16-10-13-5-4-6-14(9-13)11-17-7-2-3-8-17/h4-6,9H,2-3,7-8,10-12H2,1H3,(H,16,18). The van der Waals surface area contributed by atoms with Gasteiger partial charge in [0.15, 0.2) is 0 Å². The van der Waals surface area contributed by atoms with Crippen LogP contribution in [0.25, 0.3) is 0 Å². The van der Waals surface area contributed by atoms with Gasteiger partial charge in [0.25, 0.3) is 0 Å². The second kappa shape index (κ2) is 7.26. The van der Waals surface area contributed by atoms with Crippen molar-refractivity contribution in [2.24, 2.45) is 0 Å². The molecule has 0 aromatic heterocycles. The monoisotopic (exact) mass is 262 g/mol. The van der Waals surface area contributed by atoms with Crippen molar-refractivity contribution in [1.29, 1.82) is 0 Å². The zero-order valence-electron chi connectivity index (χ0n) is 11.5. The number of carbonyl (C=O) groups is 1. The minimum Gasteiger partial charge on any atom is -0.375 e. The zero-order valence-corrected chi connectivity index (χ0v) is 11.5. The molecule has 1 aromatic carbocycles. The summed E-state index contributed by atoms with van der Waals surface area (Å²) in [5.74, 6) is -0.0764. The molecule has 19 heavy (non-hydrogen) atoms. The predicted octanol–water partition coefficient (Wildman–Crippen LogP) is 1.54. The molecule has 1 saturated heterocycles. The summed E-state index contributed by atoms with van der Waals surface area (Å²) in [4.78, 5) is 13.8. The first-order valence-electron chi connectivity index (χ1n) is 6.84. The highest BCUT2D eigenvalue weighted by Crippen LogP contribution is 2.13. The number of hydrogen-bond acceptors (Lipinski definition) is 3. The maximum atomic E-state index is 11.3. The maximum absolute atomic E-state index is 11.3. The molecular weight excluding hydrogens is 240 g/mol. The number of likely N-dealkylation sites (tertiary alicyclic amines) is 1. The first kappa shape index (κ1) is 14.0. The Hall–Kier alpha value is -1.39. The smallest absolute Gasteiger partial charge is 0.246 e. The fourth-order valence-electron chi connectivity index (χ4n) is 2.42. The van der Waals surface area contributed by atoms with Crippen LogP contribution in [0.2, 0.25) is 0 Å². The van der Waals surface area contributed by atoms with Gasteiger partial charge in [-0.1, -0.05) is 24.3 Å². The molecule has 0 unspecified atom stereocenters. The summed E-state index contributed by atoms with van der Waals surface area (Å²) in [7, 11) is 1.52. The highest BCUT2D eigenvalue weighted by atomic mass is 16.5. The summed E-state index contributed by atoms with van der Waals surface area (Å²) < 4.78 is 4.79. The van der Waals surface area contributed by atoms with Gasteiger partial charge >= 0.3 is 0 Å². The molecule has 1 aromatic rings. The van der Waals surface area contributed by atoms with Crippen molar-refractivity contribution in [3.63, 3.8) is 0 Å². The van der Waals surface area contributed by atoms with Crippen molar-refractivity contribution in [3.8, 4) is 0 Å². The average molecular weight is 262 g/mol. The largest absolute Gasteiger partial charge is 0.375 e. The van der Waals surface area contributed by atoms with Gasteiger partial charge in [-0.25, -0.2) is 0 Å². The first-order valence-corrected chi connectivity index (χ1v) is 6.84. The van der Waals surface area contributed by atoms with Gasteiger partial charge in [0.05, 0.1) is 0 Å². The van der Waals surface area contributed by atoms with E-state index in [9.17, 15) is 4.79 Å². The molecular formula is C15H22N2O2. The molecule has 1 amide bonds. The third kappa shape index (κ3) is 4.65. The van der Waals surface area contributed by atoms with Crippen LogP contribution < -0.4 is 5.32 Å². The van der Waals surface area contributed by atoms with Gasteiger partial charge in [0, 0.05) is 20.2 Å². The topological polar surface area (TPSA) is 41.6 Å². The number of ether oxygens (including phenoxy) is 1. The van der Waals surface area contributed by atoms with E-state index in [1.54, 1.807) is 0 Å². The molecule has 4 heteroatoms. The molecule has 0 saturated carbocycles. The van der Waals surface area contributed by atoms with E-state index in [0.717, 1.165) is 12.1 Å². The molecule has 4 nitrogen and oxygen atoms in total. The summed E-state index contributed by atoms with van der Waals surface area (Å²) in [6.45, 7) is 4.10. The lowest BCUT2D eigenvalue weighted by Crippen LogP contribution is -2.26. The van der Waals surface area contributed by atoms with Crippen molar-refractivity contribution in [2.45, 2.75) is 25.9 Å². The highest BCUT2D eigenvalue weighted by Gasteiger charge is 2.11. The average Bonchev–Trinajstić information content (AvgIpc) is 2.90. The minimum atomic E-state index is -0.0764. The van der Waals surface area contributed by atoms with Gasteiger partial charge in [0.1, 0.15) is 6.61 Å². The Morgan fingerprint density at radius 2 is 2.05 bits per heavy atom. The zero-order chi connectivity index (χ0) is 13.5. The van der Waals surface area contributed by atoms with E-state index in [-0.39, 0.29) is 12.5 Å². The normalized spacial score (nSPS) is 15.6. The third-order valence-electron chi connectivity index (χ3n) is 3.36. The lowest BCUT2D eigenvalue weighted by molar-refractivity contribution is -0.124. The van der Waals surface area contributed by atoms with E-state index in [0.29, 0.717) is 6.54 Å². The van der Waals surface area contributed by atoms with Crippen LogP contribution in [0.4, 0.5) is 0 Å². The quantitative estimate of drug-likeness (QED) is 0.845. The Labute approximate surface area is 114 Å². The van der Waals surface area contributed by atoms with Gasteiger partial charge in [-0.05, 0) is 37.1 Å². The van der Waals surface area contributed by atoms with Crippen LogP contribution >= 0.6 is 0 Å². The van der Waals surface area contributed by atoms with Crippen LogP contribution in [0.5, 0.6) is 0 Å². The molecule has 0 bridgehead atoms. The summed E-state index contributed by atoms with van der Waals surface area (Å²) in [5.41, 5.74) is 2.46. The number of carbonyl (C=O) groups excluding carboxylic acids is 1. The van der Waals surface area contributed by atoms with Crippen LogP contribution in [-0.2, 0) is 22.6 Å². The second-order valence-electron chi connectivity index (χ2n) is 5.01. The van der Waals surface area contributed by atoms with Crippen LogP contribution in [-0.4, -0.2) is 37.6 Å². The summed E-state index contributed by atoms with van der Waals surface area (Å²) in [5, 5.41) is 2.84. The van der Waals surface area contributed by atoms with E-state index < -0.39 is 0 Å². The van der Waals surface area contributed by atoms with E-state index in [2.05, 4.69) is 28.4 Å². The predicted molar refractivity (Wildman–Crippen MR) is 74.7 cm³/mol. The Bertz CT molecular complexity index is 414. The number of nitrogens with zero attached hydrogens (tertiary/aromatic N) is 1. The fraction of sp³-hybridized carbons (Fsp3) is 0.533. The lowest BCUT2D eigenvalue weighted by atomic mass is 10.1. The van der Waals surface area contributed by atoms with E-state index in [4.69, 9.17) is 4.74 Å². The van der Waals surface area contributed by atoms with Gasteiger partial charge < -0.3 is 10.1 Å². The molecule has 2 rings (SSSR count). The summed E-state index contributed by atoms with van der Waals surface area (Å²) in [6, 6.07) is 8.42. The Balaban J connectivity index is 1.85. The van der Waals surface area contributed by atoms with Crippen molar-refractivity contribution in [1.82, 2.24) is 10.2 Å². The van der Waals surface area contributed by atoms with Crippen LogP contribution in [0.1, 0.15) is 24.0 Å². The number of benzene rings is 1. The molecule has 0 spiro atoms. The van der Waals surface area contributed by atoms with E-state index >= 15 is 0 Å². The molecule has 1 aliphatic heterocycles. The fourth-order valence-corrected chi connectivity index (χ4v) is 2.42. The molecule has 0 aliphatic carbocycles. The highest BCUT2D eigenvalue weighted by molar-refractivity contribution is 5.77. The van der Waals surface area contributed by atoms with E-state index in [1.807, 2.05) is 6.07 Å². The van der Waals surface area contributed by atoms with E-state index in [1.165, 1.54) is 38.6 Å². The van der Waals surface area contributed by atoms with Gasteiger partial charge in [-0.2, -0.15) is 0 Å². The molecule has 1 heterocycles. The third-order valence-corrected chi connectivity index (χ3v) is 3.36. The molecule has 104 valence electrons. The lowest BCUT2D eigenvalue weighted by Gasteiger charge is -2.15. The number of nitrogens with one attached hydrogen (secondary N) is 1. The molecule has 1 N–H and O–H groups in total. The number of rotatable bonds is 6. The van der Waals surface area contributed by atoms with Crippen LogP contribution in [0.3, 0.4) is 0 Å². The van der Waals surface area contributed by atoms with Crippen molar-refractivity contribution in [3.05, 3.63) is 35.4 Å². The number of hydrogen-bond donors (Lipinski definition) is 1. The summed E-state index contributed by atoms with van der Waals surface area (Å²) in [6.07, 6.45) is 2.62. The van der Waals surface area contributed by atoms with Crippen LogP contribution in [0.15, 0.2) is 24.3 Å². The maximum Gasteiger partial charge on any atom is 0.246 e. The molecule has 0 radical (unpaired) electrons. The number of amides is 1. The summed E-state index contributed by atoms with van der Waals surface area (Å²) >= 11 is 0. The first-order chi connectivity index (χ1) is 9.28. The Morgan fingerprint density at radius 1 is 1.32 bits per heavy atom. The molecule has 0 atom stereocenters. The van der Waals surface area contributed by atoms with Gasteiger partial charge in [0.2, 0.25) is 5.91 Å². The van der Waals surface area contributed by atoms with Crippen molar-refractivity contribution < 1.29 is 9.53 Å². The van der Waals surface area contributed by atoms with Crippen molar-refractivity contribution >= 4 is 5.91 Å². The Kier molecular flexibility index (Phi) is 5.36. The molecule has 1 aliphatic rings. The van der Waals surface area contributed by atoms with Crippen molar-refractivity contribution in [2.75, 3.05) is 26.8 Å². The SMILES string of the molecule is COCC(=O)NCc1cccc(CN2CCCC2)c1. The van der Waals surface area contributed by atoms with Gasteiger partial charge in [-0.3, -0.25) is 9.69 Å².